The highest BCUT2D eigenvalue weighted by Crippen LogP contribution is 2.67. The smallest absolute Gasteiger partial charge is 0.166 e. The maximum absolute atomic E-state index is 6.74. The van der Waals surface area contributed by atoms with Crippen molar-refractivity contribution in [3.8, 4) is 11.5 Å². The number of likely N-dealkylation sites (tertiary alicyclic amines) is 1. The fraction of sp³-hybridized carbons (Fsp3) is 0.524. The van der Waals surface area contributed by atoms with Crippen LogP contribution in [0.5, 0.6) is 11.5 Å². The molecule has 4 heteroatoms. The Kier molecular flexibility index (Phi) is 2.52. The van der Waals surface area contributed by atoms with Gasteiger partial charge in [0.2, 0.25) is 0 Å². The second-order valence-corrected chi connectivity index (χ2v) is 8.32. The zero-order valence-electron chi connectivity index (χ0n) is 15.1. The first-order chi connectivity index (χ1) is 12.1. The van der Waals surface area contributed by atoms with Crippen LogP contribution in [-0.2, 0) is 25.3 Å². The van der Waals surface area contributed by atoms with Gasteiger partial charge in [-0.15, -0.1) is 0 Å². The van der Waals surface area contributed by atoms with Gasteiger partial charge in [0.1, 0.15) is 6.10 Å². The van der Waals surface area contributed by atoms with Gasteiger partial charge in [-0.05, 0) is 62.0 Å². The lowest BCUT2D eigenvalue weighted by Gasteiger charge is -2.57. The lowest BCUT2D eigenvalue weighted by molar-refractivity contribution is -0.0267. The van der Waals surface area contributed by atoms with Gasteiger partial charge in [0.25, 0.3) is 0 Å². The fourth-order valence-corrected chi connectivity index (χ4v) is 6.41. The number of benzene rings is 1. The van der Waals surface area contributed by atoms with Crippen LogP contribution in [0.2, 0.25) is 0 Å². The summed E-state index contributed by atoms with van der Waals surface area (Å²) < 4.78 is 14.7. The van der Waals surface area contributed by atoms with Gasteiger partial charge in [0.05, 0.1) is 12.8 Å². The van der Waals surface area contributed by atoms with Crippen LogP contribution in [0.4, 0.5) is 0 Å². The third-order valence-corrected chi connectivity index (χ3v) is 7.49. The van der Waals surface area contributed by atoms with E-state index in [0.717, 1.165) is 24.5 Å². The number of piperidine rings is 1. The lowest BCUT2D eigenvalue weighted by Crippen LogP contribution is -2.62. The van der Waals surface area contributed by atoms with Crippen LogP contribution >= 0.6 is 0 Å². The number of hydrogen-bond donors (Lipinski definition) is 0. The second-order valence-electron chi connectivity index (χ2n) is 8.32. The Balaban J connectivity index is 1.69. The highest BCUT2D eigenvalue weighted by atomic mass is 16.5. The Bertz CT molecular complexity index is 902. The minimum atomic E-state index is 0.119. The van der Waals surface area contributed by atoms with Gasteiger partial charge in [-0.3, -0.25) is 0 Å². The quantitative estimate of drug-likeness (QED) is 0.801. The molecule has 3 heterocycles. The number of nitrogens with zero attached hydrogens (tertiary/aromatic N) is 2. The van der Waals surface area contributed by atoms with Crippen LogP contribution < -0.4 is 9.47 Å². The van der Waals surface area contributed by atoms with E-state index in [-0.39, 0.29) is 11.5 Å². The number of likely N-dealkylation sites (N-methyl/N-ethyl adjacent to an activating group) is 1. The Labute approximate surface area is 148 Å². The second kappa shape index (κ2) is 4.42. The maximum atomic E-state index is 6.74. The van der Waals surface area contributed by atoms with E-state index in [4.69, 9.17) is 9.47 Å². The standard InChI is InChI=1S/C21H24N2O2/c1-22-9-7-21-14-10-13-6-8-23(2)18(13)20(21)25-19-16(24-3)5-4-12(17(19)21)11-15(14)22/h4-6,8,14-15,20H,7,9-11H2,1-3H3. The summed E-state index contributed by atoms with van der Waals surface area (Å²) >= 11 is 0. The average Bonchev–Trinajstić information content (AvgIpc) is 3.14. The summed E-state index contributed by atoms with van der Waals surface area (Å²) in [5.74, 6) is 2.55. The van der Waals surface area contributed by atoms with Crippen LogP contribution in [0.15, 0.2) is 24.4 Å². The molecule has 6 rings (SSSR count). The molecule has 0 radical (unpaired) electrons. The molecule has 1 saturated heterocycles. The summed E-state index contributed by atoms with van der Waals surface area (Å²) in [6, 6.07) is 7.30. The molecule has 2 aliphatic heterocycles. The molecule has 2 bridgehead atoms. The van der Waals surface area contributed by atoms with E-state index in [2.05, 4.69) is 48.0 Å². The van der Waals surface area contributed by atoms with E-state index in [1.807, 2.05) is 0 Å². The van der Waals surface area contributed by atoms with Crippen LogP contribution in [-0.4, -0.2) is 36.2 Å². The maximum Gasteiger partial charge on any atom is 0.166 e. The molecule has 4 nitrogen and oxygen atoms in total. The monoisotopic (exact) mass is 336 g/mol. The molecule has 25 heavy (non-hydrogen) atoms. The highest BCUT2D eigenvalue weighted by Gasteiger charge is 2.65. The van der Waals surface area contributed by atoms with Gasteiger partial charge in [-0.2, -0.15) is 0 Å². The normalized spacial score (nSPS) is 34.3. The van der Waals surface area contributed by atoms with Crippen molar-refractivity contribution in [1.29, 1.82) is 0 Å². The van der Waals surface area contributed by atoms with E-state index in [9.17, 15) is 0 Å². The van der Waals surface area contributed by atoms with Crippen LogP contribution in [0, 0.1) is 5.92 Å². The summed E-state index contributed by atoms with van der Waals surface area (Å²) in [4.78, 5) is 2.59. The number of aromatic nitrogens is 1. The van der Waals surface area contributed by atoms with Crippen molar-refractivity contribution in [3.63, 3.8) is 0 Å². The van der Waals surface area contributed by atoms with Gasteiger partial charge in [0.15, 0.2) is 11.5 Å². The van der Waals surface area contributed by atoms with Gasteiger partial charge < -0.3 is 18.9 Å². The Hall–Kier alpha value is -1.94. The van der Waals surface area contributed by atoms with Crippen LogP contribution in [0.25, 0.3) is 0 Å². The molecule has 0 N–H and O–H groups in total. The number of aryl methyl sites for hydroxylation is 1. The largest absolute Gasteiger partial charge is 0.493 e. The van der Waals surface area contributed by atoms with Crippen molar-refractivity contribution in [2.24, 2.45) is 13.0 Å². The molecular weight excluding hydrogens is 312 g/mol. The minimum absolute atomic E-state index is 0.119. The van der Waals surface area contributed by atoms with Crippen molar-refractivity contribution in [2.75, 3.05) is 20.7 Å². The first-order valence-electron chi connectivity index (χ1n) is 9.36. The van der Waals surface area contributed by atoms with Crippen molar-refractivity contribution >= 4 is 0 Å². The molecule has 4 atom stereocenters. The topological polar surface area (TPSA) is 26.6 Å². The average molecular weight is 336 g/mol. The van der Waals surface area contributed by atoms with Gasteiger partial charge in [-0.25, -0.2) is 0 Å². The molecule has 0 amide bonds. The summed E-state index contributed by atoms with van der Waals surface area (Å²) in [6.45, 7) is 1.15. The number of fused-ring (bicyclic) bond motifs is 2. The number of ether oxygens (including phenoxy) is 2. The van der Waals surface area contributed by atoms with E-state index in [1.54, 1.807) is 7.11 Å². The summed E-state index contributed by atoms with van der Waals surface area (Å²) in [7, 11) is 6.22. The Morgan fingerprint density at radius 2 is 2.04 bits per heavy atom. The predicted octanol–water partition coefficient (Wildman–Crippen LogP) is 2.84. The van der Waals surface area contributed by atoms with Gasteiger partial charge >= 0.3 is 0 Å². The molecule has 1 fully saturated rings. The van der Waals surface area contributed by atoms with Gasteiger partial charge in [0, 0.05) is 30.3 Å². The summed E-state index contributed by atoms with van der Waals surface area (Å²) in [5, 5.41) is 0. The van der Waals surface area contributed by atoms with E-state index in [0.29, 0.717) is 12.0 Å². The van der Waals surface area contributed by atoms with E-state index >= 15 is 0 Å². The molecular formula is C21H24N2O2. The number of rotatable bonds is 1. The number of methoxy groups -OCH3 is 1. The third kappa shape index (κ3) is 1.46. The zero-order valence-corrected chi connectivity index (χ0v) is 15.1. The lowest BCUT2D eigenvalue weighted by atomic mass is 9.52. The number of hydrogen-bond acceptors (Lipinski definition) is 3. The molecule has 1 spiro atoms. The SMILES string of the molecule is COc1ccc2c3c1OC1c4c(ccn4C)CC4C(C2)N(C)CCC314. The minimum Gasteiger partial charge on any atom is -0.493 e. The molecule has 0 saturated carbocycles. The fourth-order valence-electron chi connectivity index (χ4n) is 6.41. The van der Waals surface area contributed by atoms with Crippen molar-refractivity contribution in [3.05, 3.63) is 46.8 Å². The Morgan fingerprint density at radius 3 is 2.88 bits per heavy atom. The first-order valence-corrected chi connectivity index (χ1v) is 9.36. The first kappa shape index (κ1) is 14.3. The molecule has 4 unspecified atom stereocenters. The molecule has 4 aliphatic rings. The predicted molar refractivity (Wildman–Crippen MR) is 95.4 cm³/mol. The van der Waals surface area contributed by atoms with E-state index in [1.165, 1.54) is 35.2 Å². The van der Waals surface area contributed by atoms with Crippen LogP contribution in [0.1, 0.15) is 34.9 Å². The third-order valence-electron chi connectivity index (χ3n) is 7.49. The van der Waals surface area contributed by atoms with Crippen LogP contribution in [0.3, 0.4) is 0 Å². The van der Waals surface area contributed by atoms with Crippen molar-refractivity contribution < 1.29 is 9.47 Å². The van der Waals surface area contributed by atoms with Crippen molar-refractivity contribution in [1.82, 2.24) is 9.47 Å². The van der Waals surface area contributed by atoms with Gasteiger partial charge in [-0.1, -0.05) is 6.07 Å². The van der Waals surface area contributed by atoms with E-state index < -0.39 is 0 Å². The van der Waals surface area contributed by atoms with Crippen molar-refractivity contribution in [2.45, 2.75) is 36.8 Å². The summed E-state index contributed by atoms with van der Waals surface area (Å²) in [6.07, 6.45) is 5.81. The zero-order chi connectivity index (χ0) is 16.9. The highest BCUT2D eigenvalue weighted by molar-refractivity contribution is 5.62. The summed E-state index contributed by atoms with van der Waals surface area (Å²) in [5.41, 5.74) is 5.92. The Morgan fingerprint density at radius 1 is 1.16 bits per heavy atom. The molecule has 1 aromatic heterocycles. The molecule has 130 valence electrons. The molecule has 1 aromatic carbocycles. The molecule has 2 aliphatic carbocycles. The molecule has 2 aromatic rings.